The molecule has 1 amide bonds. The lowest BCUT2D eigenvalue weighted by Gasteiger charge is -2.26. The molecule has 1 fully saturated rings. The second kappa shape index (κ2) is 14.1. The maximum Gasteiger partial charge on any atom is 0.243 e. The summed E-state index contributed by atoms with van der Waals surface area (Å²) in [7, 11) is 3.48. The standard InChI is InChI=1S/C18H32N6O2S.HI/c1-4-15-13-21-16(27-15)5-6-19-18(22-14-17(25)23(2)3)20-7-8-24-9-11-26-12-10-24;/h13H,4-12,14H2,1-3H3,(H2,19,20,22);1H. The Morgan fingerprint density at radius 3 is 2.68 bits per heavy atom. The molecule has 1 aromatic heterocycles. The largest absolute Gasteiger partial charge is 0.379 e. The molecule has 0 saturated carbocycles. The molecule has 0 bridgehead atoms. The van der Waals surface area contributed by atoms with E-state index in [9.17, 15) is 4.79 Å². The third-order valence-electron chi connectivity index (χ3n) is 4.28. The number of guanidine groups is 1. The third kappa shape index (κ3) is 9.48. The van der Waals surface area contributed by atoms with E-state index in [1.54, 1.807) is 30.3 Å². The molecule has 0 atom stereocenters. The molecular weight excluding hydrogens is 491 g/mol. The molecule has 1 aliphatic heterocycles. The van der Waals surface area contributed by atoms with Gasteiger partial charge in [0, 0.05) is 64.3 Å². The van der Waals surface area contributed by atoms with Crippen LogP contribution in [0.5, 0.6) is 0 Å². The Morgan fingerprint density at radius 1 is 1.32 bits per heavy atom. The number of likely N-dealkylation sites (N-methyl/N-ethyl adjacent to an activating group) is 1. The Labute approximate surface area is 189 Å². The van der Waals surface area contributed by atoms with Gasteiger partial charge in [0.25, 0.3) is 0 Å². The van der Waals surface area contributed by atoms with Crippen molar-refractivity contribution in [3.63, 3.8) is 0 Å². The number of amides is 1. The van der Waals surface area contributed by atoms with Gasteiger partial charge in [0.1, 0.15) is 6.54 Å². The molecule has 2 rings (SSSR count). The number of nitrogens with one attached hydrogen (secondary N) is 2. The highest BCUT2D eigenvalue weighted by molar-refractivity contribution is 14.0. The average molecular weight is 524 g/mol. The van der Waals surface area contributed by atoms with Gasteiger partial charge in [-0.25, -0.2) is 9.98 Å². The second-order valence-corrected chi connectivity index (χ2v) is 7.78. The molecule has 1 aliphatic rings. The van der Waals surface area contributed by atoms with Gasteiger partial charge >= 0.3 is 0 Å². The topological polar surface area (TPSA) is 82.1 Å². The van der Waals surface area contributed by atoms with Crippen LogP contribution in [-0.4, -0.2) is 93.2 Å². The van der Waals surface area contributed by atoms with Crippen LogP contribution in [0, 0.1) is 0 Å². The molecule has 0 aliphatic carbocycles. The summed E-state index contributed by atoms with van der Waals surface area (Å²) >= 11 is 1.75. The van der Waals surface area contributed by atoms with Crippen LogP contribution in [0.25, 0.3) is 0 Å². The molecule has 10 heteroatoms. The summed E-state index contributed by atoms with van der Waals surface area (Å²) in [5, 5.41) is 7.77. The smallest absolute Gasteiger partial charge is 0.243 e. The number of hydrogen-bond donors (Lipinski definition) is 2. The number of aromatic nitrogens is 1. The fourth-order valence-electron chi connectivity index (χ4n) is 2.53. The first-order valence-electron chi connectivity index (χ1n) is 9.54. The van der Waals surface area contributed by atoms with Crippen LogP contribution in [0.15, 0.2) is 11.2 Å². The van der Waals surface area contributed by atoms with Crippen molar-refractivity contribution in [2.24, 2.45) is 4.99 Å². The number of nitrogens with zero attached hydrogens (tertiary/aromatic N) is 4. The van der Waals surface area contributed by atoms with E-state index in [0.29, 0.717) is 5.96 Å². The number of thiazole rings is 1. The van der Waals surface area contributed by atoms with Crippen LogP contribution in [0.2, 0.25) is 0 Å². The zero-order valence-corrected chi connectivity index (χ0v) is 20.2. The SMILES string of the molecule is CCc1cnc(CCNC(=NCC(=O)N(C)C)NCCN2CCOCC2)s1.I. The quantitative estimate of drug-likeness (QED) is 0.283. The van der Waals surface area contributed by atoms with Crippen molar-refractivity contribution in [2.75, 3.05) is 66.6 Å². The fraction of sp³-hybridized carbons (Fsp3) is 0.722. The molecule has 0 spiro atoms. The molecule has 1 saturated heterocycles. The number of carbonyl (C=O) groups excluding carboxylic acids is 1. The summed E-state index contributed by atoms with van der Waals surface area (Å²) in [6, 6.07) is 0. The summed E-state index contributed by atoms with van der Waals surface area (Å²) in [4.78, 5) is 25.9. The van der Waals surface area contributed by atoms with E-state index in [0.717, 1.165) is 63.8 Å². The Balaban J connectivity index is 0.00000392. The molecular formula is C18H33IN6O2S. The monoisotopic (exact) mass is 524 g/mol. The van der Waals surface area contributed by atoms with E-state index >= 15 is 0 Å². The summed E-state index contributed by atoms with van der Waals surface area (Å²) < 4.78 is 5.37. The zero-order valence-electron chi connectivity index (χ0n) is 17.1. The second-order valence-electron chi connectivity index (χ2n) is 6.58. The molecule has 2 N–H and O–H groups in total. The summed E-state index contributed by atoms with van der Waals surface area (Å²) in [5.41, 5.74) is 0. The highest BCUT2D eigenvalue weighted by atomic mass is 127. The number of halogens is 1. The molecule has 0 unspecified atom stereocenters. The van der Waals surface area contributed by atoms with Gasteiger partial charge in [-0.3, -0.25) is 9.69 Å². The highest BCUT2D eigenvalue weighted by Gasteiger charge is 2.10. The number of hydrogen-bond acceptors (Lipinski definition) is 6. The number of rotatable bonds is 9. The lowest BCUT2D eigenvalue weighted by Crippen LogP contribution is -2.45. The number of aliphatic imine (C=N–C) groups is 1. The van der Waals surface area contributed by atoms with Gasteiger partial charge < -0.3 is 20.3 Å². The van der Waals surface area contributed by atoms with E-state index in [-0.39, 0.29) is 36.4 Å². The van der Waals surface area contributed by atoms with Gasteiger partial charge in [0.05, 0.1) is 18.2 Å². The van der Waals surface area contributed by atoms with Crippen molar-refractivity contribution < 1.29 is 9.53 Å². The van der Waals surface area contributed by atoms with Gasteiger partial charge in [0.2, 0.25) is 5.91 Å². The number of morpholine rings is 1. The number of aryl methyl sites for hydroxylation is 1. The highest BCUT2D eigenvalue weighted by Crippen LogP contribution is 2.13. The average Bonchev–Trinajstić information content (AvgIpc) is 3.14. The minimum absolute atomic E-state index is 0. The van der Waals surface area contributed by atoms with Gasteiger partial charge in [-0.1, -0.05) is 6.92 Å². The first-order chi connectivity index (χ1) is 13.1. The lowest BCUT2D eigenvalue weighted by atomic mass is 10.4. The number of carbonyl (C=O) groups is 1. The minimum Gasteiger partial charge on any atom is -0.379 e. The molecule has 8 nitrogen and oxygen atoms in total. The molecule has 0 radical (unpaired) electrons. The third-order valence-corrected chi connectivity index (χ3v) is 5.48. The Hall–Kier alpha value is -0.980. The van der Waals surface area contributed by atoms with Crippen molar-refractivity contribution in [1.82, 2.24) is 25.4 Å². The van der Waals surface area contributed by atoms with Crippen molar-refractivity contribution in [1.29, 1.82) is 0 Å². The van der Waals surface area contributed by atoms with Crippen molar-refractivity contribution in [2.45, 2.75) is 19.8 Å². The fourth-order valence-corrected chi connectivity index (χ4v) is 3.40. The maximum absolute atomic E-state index is 11.8. The molecule has 2 heterocycles. The molecule has 160 valence electrons. The van der Waals surface area contributed by atoms with E-state index in [1.807, 2.05) is 6.20 Å². The number of ether oxygens (including phenoxy) is 1. The zero-order chi connectivity index (χ0) is 19.5. The van der Waals surface area contributed by atoms with Crippen LogP contribution in [-0.2, 0) is 22.4 Å². The normalized spacial score (nSPS) is 15.0. The predicted octanol–water partition coefficient (Wildman–Crippen LogP) is 0.822. The Kier molecular flexibility index (Phi) is 12.6. The predicted molar refractivity (Wildman–Crippen MR) is 125 cm³/mol. The van der Waals surface area contributed by atoms with E-state index in [4.69, 9.17) is 4.74 Å². The van der Waals surface area contributed by atoms with E-state index in [1.165, 1.54) is 4.88 Å². The van der Waals surface area contributed by atoms with Crippen LogP contribution in [0.4, 0.5) is 0 Å². The first-order valence-corrected chi connectivity index (χ1v) is 10.4. The molecule has 0 aromatic carbocycles. The lowest BCUT2D eigenvalue weighted by molar-refractivity contribution is -0.127. The summed E-state index contributed by atoms with van der Waals surface area (Å²) in [5.74, 6) is 0.655. The van der Waals surface area contributed by atoms with Gasteiger partial charge in [-0.2, -0.15) is 0 Å². The summed E-state index contributed by atoms with van der Waals surface area (Å²) in [6.45, 7) is 8.23. The first kappa shape index (κ1) is 25.1. The van der Waals surface area contributed by atoms with Gasteiger partial charge in [-0.15, -0.1) is 35.3 Å². The van der Waals surface area contributed by atoms with Crippen molar-refractivity contribution in [3.8, 4) is 0 Å². The van der Waals surface area contributed by atoms with E-state index < -0.39 is 0 Å². The van der Waals surface area contributed by atoms with E-state index in [2.05, 4.69) is 32.4 Å². The van der Waals surface area contributed by atoms with Gasteiger partial charge in [-0.05, 0) is 6.42 Å². The van der Waals surface area contributed by atoms with Crippen LogP contribution in [0.3, 0.4) is 0 Å². The van der Waals surface area contributed by atoms with Gasteiger partial charge in [0.15, 0.2) is 5.96 Å². The van der Waals surface area contributed by atoms with Crippen LogP contribution >= 0.6 is 35.3 Å². The Morgan fingerprint density at radius 2 is 2.04 bits per heavy atom. The maximum atomic E-state index is 11.8. The van der Waals surface area contributed by atoms with Crippen LogP contribution in [0.1, 0.15) is 16.8 Å². The van der Waals surface area contributed by atoms with Crippen LogP contribution < -0.4 is 10.6 Å². The molecule has 28 heavy (non-hydrogen) atoms. The summed E-state index contributed by atoms with van der Waals surface area (Å²) in [6.07, 6.45) is 3.81. The van der Waals surface area contributed by atoms with Crippen molar-refractivity contribution in [3.05, 3.63) is 16.1 Å². The Bertz CT molecular complexity index is 605. The van der Waals surface area contributed by atoms with Crippen molar-refractivity contribution >= 4 is 47.2 Å². The molecule has 1 aromatic rings. The minimum atomic E-state index is -0.0169.